The summed E-state index contributed by atoms with van der Waals surface area (Å²) >= 11 is 6.16. The highest BCUT2D eigenvalue weighted by atomic mass is 35.5. The van der Waals surface area contributed by atoms with Gasteiger partial charge in [-0.15, -0.1) is 0 Å². The molecule has 0 aliphatic carbocycles. The van der Waals surface area contributed by atoms with Gasteiger partial charge in [-0.1, -0.05) is 17.7 Å². The van der Waals surface area contributed by atoms with E-state index in [0.29, 0.717) is 6.54 Å². The number of benzene rings is 1. The van der Waals surface area contributed by atoms with Crippen molar-refractivity contribution in [3.63, 3.8) is 0 Å². The van der Waals surface area contributed by atoms with Crippen LogP contribution in [0.15, 0.2) is 24.5 Å². The number of aromatic nitrogens is 3. The monoisotopic (exact) mass is 278 g/mol. The Bertz CT molecular complexity index is 569. The number of nitrogens with one attached hydrogen (secondary N) is 1. The highest BCUT2D eigenvalue weighted by Crippen LogP contribution is 2.19. The number of halogens is 1. The van der Waals surface area contributed by atoms with Crippen molar-refractivity contribution in [2.75, 3.05) is 0 Å². The van der Waals surface area contributed by atoms with Crippen LogP contribution in [0.2, 0.25) is 5.02 Å². The molecule has 19 heavy (non-hydrogen) atoms. The average molecular weight is 279 g/mol. The summed E-state index contributed by atoms with van der Waals surface area (Å²) in [4.78, 5) is 4.29. The quantitative estimate of drug-likeness (QED) is 0.938. The summed E-state index contributed by atoms with van der Waals surface area (Å²) in [6.45, 7) is 9.01. The van der Waals surface area contributed by atoms with Crippen LogP contribution in [0.3, 0.4) is 0 Å². The number of rotatable bonds is 3. The Morgan fingerprint density at radius 1 is 1.32 bits per heavy atom. The molecule has 0 bridgehead atoms. The minimum atomic E-state index is 0.0434. The summed E-state index contributed by atoms with van der Waals surface area (Å²) < 4.78 is 1.81. The number of nitrogens with zero attached hydrogens (tertiary/aromatic N) is 3. The van der Waals surface area contributed by atoms with Crippen LogP contribution in [0.4, 0.5) is 0 Å². The molecule has 0 saturated heterocycles. The lowest BCUT2D eigenvalue weighted by molar-refractivity contribution is 0.415. The van der Waals surface area contributed by atoms with E-state index in [0.717, 1.165) is 22.1 Å². The van der Waals surface area contributed by atoms with E-state index in [1.807, 2.05) is 29.8 Å². The zero-order valence-electron chi connectivity index (χ0n) is 11.7. The Morgan fingerprint density at radius 3 is 2.68 bits per heavy atom. The van der Waals surface area contributed by atoms with Crippen molar-refractivity contribution in [1.29, 1.82) is 0 Å². The molecule has 0 amide bonds. The smallest absolute Gasteiger partial charge is 0.146 e. The van der Waals surface area contributed by atoms with Gasteiger partial charge in [0.25, 0.3) is 0 Å². The van der Waals surface area contributed by atoms with E-state index in [-0.39, 0.29) is 5.54 Å². The molecule has 2 aromatic rings. The van der Waals surface area contributed by atoms with Crippen molar-refractivity contribution in [3.8, 4) is 5.69 Å². The minimum absolute atomic E-state index is 0.0434. The van der Waals surface area contributed by atoms with E-state index in [4.69, 9.17) is 11.6 Å². The normalized spacial score (nSPS) is 11.8. The SMILES string of the molecule is Cc1ccc(-n2ncnc2CNC(C)(C)C)cc1Cl. The first kappa shape index (κ1) is 14.0. The third-order valence-electron chi connectivity index (χ3n) is 2.80. The lowest BCUT2D eigenvalue weighted by atomic mass is 10.1. The van der Waals surface area contributed by atoms with Crippen molar-refractivity contribution in [2.45, 2.75) is 39.8 Å². The maximum Gasteiger partial charge on any atom is 0.146 e. The molecule has 0 fully saturated rings. The second kappa shape index (κ2) is 5.31. The van der Waals surface area contributed by atoms with Gasteiger partial charge < -0.3 is 5.32 Å². The van der Waals surface area contributed by atoms with E-state index in [1.165, 1.54) is 0 Å². The topological polar surface area (TPSA) is 42.7 Å². The maximum atomic E-state index is 6.16. The second-order valence-corrected chi connectivity index (χ2v) is 6.03. The molecule has 0 atom stereocenters. The fourth-order valence-electron chi connectivity index (χ4n) is 1.66. The standard InChI is InChI=1S/C14H19ClN4/c1-10-5-6-11(7-12(10)15)19-13(16-9-18-19)8-17-14(2,3)4/h5-7,9,17H,8H2,1-4H3. The fraction of sp³-hybridized carbons (Fsp3) is 0.429. The molecule has 102 valence electrons. The third kappa shape index (κ3) is 3.55. The van der Waals surface area contributed by atoms with Crippen molar-refractivity contribution in [2.24, 2.45) is 0 Å². The molecule has 0 aliphatic rings. The molecule has 0 aliphatic heterocycles. The first-order valence-electron chi connectivity index (χ1n) is 6.27. The van der Waals surface area contributed by atoms with Gasteiger partial charge in [0.05, 0.1) is 12.2 Å². The Kier molecular flexibility index (Phi) is 3.92. The molecular weight excluding hydrogens is 260 g/mol. The predicted molar refractivity (Wildman–Crippen MR) is 77.7 cm³/mol. The lowest BCUT2D eigenvalue weighted by Crippen LogP contribution is -2.35. The van der Waals surface area contributed by atoms with Gasteiger partial charge in [0.15, 0.2) is 0 Å². The average Bonchev–Trinajstić information content (AvgIpc) is 2.77. The summed E-state index contributed by atoms with van der Waals surface area (Å²) in [6, 6.07) is 5.89. The summed E-state index contributed by atoms with van der Waals surface area (Å²) in [5, 5.41) is 8.41. The largest absolute Gasteiger partial charge is 0.305 e. The molecule has 0 spiro atoms. The van der Waals surface area contributed by atoms with Gasteiger partial charge in [0, 0.05) is 10.6 Å². The van der Waals surface area contributed by atoms with Gasteiger partial charge in [-0.2, -0.15) is 5.10 Å². The van der Waals surface area contributed by atoms with Crippen LogP contribution in [0.25, 0.3) is 5.69 Å². The Balaban J connectivity index is 2.26. The molecule has 2 rings (SSSR count). The Morgan fingerprint density at radius 2 is 2.05 bits per heavy atom. The van der Waals surface area contributed by atoms with E-state index < -0.39 is 0 Å². The van der Waals surface area contributed by atoms with E-state index in [1.54, 1.807) is 6.33 Å². The lowest BCUT2D eigenvalue weighted by Gasteiger charge is -2.20. The highest BCUT2D eigenvalue weighted by Gasteiger charge is 2.12. The van der Waals surface area contributed by atoms with Crippen LogP contribution in [0.1, 0.15) is 32.2 Å². The number of aryl methyl sites for hydroxylation is 1. The van der Waals surface area contributed by atoms with Crippen LogP contribution < -0.4 is 5.32 Å². The first-order chi connectivity index (χ1) is 8.87. The van der Waals surface area contributed by atoms with Crippen LogP contribution >= 0.6 is 11.6 Å². The maximum absolute atomic E-state index is 6.16. The summed E-state index contributed by atoms with van der Waals surface area (Å²) in [7, 11) is 0. The molecule has 4 nitrogen and oxygen atoms in total. The van der Waals surface area contributed by atoms with Gasteiger partial charge in [-0.3, -0.25) is 0 Å². The zero-order valence-corrected chi connectivity index (χ0v) is 12.5. The first-order valence-corrected chi connectivity index (χ1v) is 6.65. The van der Waals surface area contributed by atoms with Gasteiger partial charge in [0.2, 0.25) is 0 Å². The molecule has 1 heterocycles. The summed E-state index contributed by atoms with van der Waals surface area (Å²) in [5.41, 5.74) is 2.03. The molecule has 5 heteroatoms. The molecule has 1 N–H and O–H groups in total. The van der Waals surface area contributed by atoms with E-state index >= 15 is 0 Å². The predicted octanol–water partition coefficient (Wildman–Crippen LogP) is 3.12. The fourth-order valence-corrected chi connectivity index (χ4v) is 1.83. The van der Waals surface area contributed by atoms with Gasteiger partial charge in [0.1, 0.15) is 12.2 Å². The highest BCUT2D eigenvalue weighted by molar-refractivity contribution is 6.31. The second-order valence-electron chi connectivity index (χ2n) is 5.63. The van der Waals surface area contributed by atoms with Crippen molar-refractivity contribution >= 4 is 11.6 Å². The van der Waals surface area contributed by atoms with Crippen LogP contribution in [0, 0.1) is 6.92 Å². The molecular formula is C14H19ClN4. The molecule has 0 saturated carbocycles. The van der Waals surface area contributed by atoms with E-state index in [2.05, 4.69) is 36.2 Å². The van der Waals surface area contributed by atoms with Crippen LogP contribution in [0.5, 0.6) is 0 Å². The number of hydrogen-bond acceptors (Lipinski definition) is 3. The molecule has 0 unspecified atom stereocenters. The van der Waals surface area contributed by atoms with Gasteiger partial charge >= 0.3 is 0 Å². The van der Waals surface area contributed by atoms with Crippen molar-refractivity contribution in [3.05, 3.63) is 40.9 Å². The zero-order chi connectivity index (χ0) is 14.0. The Hall–Kier alpha value is -1.39. The summed E-state index contributed by atoms with van der Waals surface area (Å²) in [5.74, 6) is 0.870. The minimum Gasteiger partial charge on any atom is -0.305 e. The van der Waals surface area contributed by atoms with Crippen molar-refractivity contribution in [1.82, 2.24) is 20.1 Å². The number of hydrogen-bond donors (Lipinski definition) is 1. The molecule has 0 radical (unpaired) electrons. The van der Waals surface area contributed by atoms with Crippen LogP contribution in [-0.4, -0.2) is 20.3 Å². The molecule has 1 aromatic heterocycles. The third-order valence-corrected chi connectivity index (χ3v) is 3.20. The molecule has 1 aromatic carbocycles. The summed E-state index contributed by atoms with van der Waals surface area (Å²) in [6.07, 6.45) is 1.56. The van der Waals surface area contributed by atoms with Crippen molar-refractivity contribution < 1.29 is 0 Å². The Labute approximate surface area is 118 Å². The van der Waals surface area contributed by atoms with Gasteiger partial charge in [-0.05, 0) is 45.4 Å². The van der Waals surface area contributed by atoms with Gasteiger partial charge in [-0.25, -0.2) is 9.67 Å². The van der Waals surface area contributed by atoms with Crippen LogP contribution in [-0.2, 0) is 6.54 Å². The van der Waals surface area contributed by atoms with E-state index in [9.17, 15) is 0 Å².